The molecule has 0 aliphatic rings. The third-order valence-corrected chi connectivity index (χ3v) is 18.5. The monoisotopic (exact) mass is 1360 g/mol. The molecule has 20 nitrogen and oxygen atoms in total. The minimum absolute atomic E-state index is 0.0227. The predicted molar refractivity (Wildman–Crippen MR) is 407 cm³/mol. The van der Waals surface area contributed by atoms with E-state index in [0.717, 1.165) is 156 Å². The van der Waals surface area contributed by atoms with Crippen molar-refractivity contribution in [3.8, 4) is 57.2 Å². The lowest BCUT2D eigenvalue weighted by molar-refractivity contribution is 0.392. The fourth-order valence-corrected chi connectivity index (χ4v) is 12.5. The minimum atomic E-state index is -0.149. The first-order chi connectivity index (χ1) is 48.4. The lowest BCUT2D eigenvalue weighted by atomic mass is 9.84. The van der Waals surface area contributed by atoms with E-state index in [9.17, 15) is 15.3 Å². The minimum Gasteiger partial charge on any atom is -0.508 e. The van der Waals surface area contributed by atoms with Gasteiger partial charge in [-0.05, 0) is 246 Å². The summed E-state index contributed by atoms with van der Waals surface area (Å²) in [6.45, 7) is 36.9. The van der Waals surface area contributed by atoms with Gasteiger partial charge in [0.15, 0.2) is 0 Å². The second kappa shape index (κ2) is 28.8. The van der Waals surface area contributed by atoms with E-state index >= 15 is 0 Å². The van der Waals surface area contributed by atoms with Crippen molar-refractivity contribution in [1.29, 1.82) is 0 Å². The van der Waals surface area contributed by atoms with Crippen molar-refractivity contribution < 1.29 is 24.8 Å². The van der Waals surface area contributed by atoms with Crippen molar-refractivity contribution in [3.63, 3.8) is 0 Å². The number of aryl methyl sites for hydroxylation is 6. The Kier molecular flexibility index (Phi) is 20.2. The van der Waals surface area contributed by atoms with Crippen LogP contribution in [0.2, 0.25) is 0 Å². The fourth-order valence-electron chi connectivity index (χ4n) is 12.5. The number of methoxy groups -OCH3 is 2. The summed E-state index contributed by atoms with van der Waals surface area (Å²) in [6.07, 6.45) is 0. The Labute approximate surface area is 594 Å². The SMILES string of the molecule is COc1c(C(C)(C)C)cc(C)c(C)c1-n1nc2ccccc2n1.COc1c(C)cc(-n2nc3ccccc3n2)c(C)c1C.Cc1cc(-n2nc3ccccc3n2)c(C)c(C)c1O.Cc1cc(C(C)(C)C)c(O)c(-n2nc3ccccc3n2)c1C.Cc1cc(O)cc(C)c1-n1nc2ccccc2n1. The second-order valence-corrected chi connectivity index (χ2v) is 27.9. The van der Waals surface area contributed by atoms with Crippen molar-refractivity contribution in [2.24, 2.45) is 0 Å². The third kappa shape index (κ3) is 14.5. The first-order valence-electron chi connectivity index (χ1n) is 33.9. The number of hydrogen-bond donors (Lipinski definition) is 3. The van der Waals surface area contributed by atoms with E-state index in [-0.39, 0.29) is 22.3 Å². The highest BCUT2D eigenvalue weighted by molar-refractivity contribution is 5.78. The molecule has 0 atom stereocenters. The van der Waals surface area contributed by atoms with Crippen LogP contribution in [0.15, 0.2) is 158 Å². The molecule has 0 saturated carbocycles. The van der Waals surface area contributed by atoms with Gasteiger partial charge in [-0.3, -0.25) is 0 Å². The average Bonchev–Trinajstić information content (AvgIpc) is 1.39. The average molecular weight is 1360 g/mol. The molecule has 0 aliphatic heterocycles. The molecule has 0 saturated heterocycles. The molecule has 10 aromatic carbocycles. The molecule has 15 rings (SSSR count). The number of benzene rings is 10. The summed E-state index contributed by atoms with van der Waals surface area (Å²) in [4.78, 5) is 8.24. The number of aromatic hydroxyl groups is 3. The van der Waals surface area contributed by atoms with E-state index in [4.69, 9.17) is 9.47 Å². The van der Waals surface area contributed by atoms with Gasteiger partial charge < -0.3 is 24.8 Å². The zero-order valence-electron chi connectivity index (χ0n) is 61.9. The van der Waals surface area contributed by atoms with Gasteiger partial charge in [-0.1, -0.05) is 114 Å². The molecule has 5 heterocycles. The molecule has 0 radical (unpaired) electrons. The number of hydrogen-bond acceptors (Lipinski definition) is 15. The van der Waals surface area contributed by atoms with Crippen LogP contribution in [0.3, 0.4) is 0 Å². The highest BCUT2D eigenvalue weighted by Crippen LogP contribution is 2.41. The summed E-state index contributed by atoms with van der Waals surface area (Å²) in [5.74, 6) is 2.66. The van der Waals surface area contributed by atoms with Crippen LogP contribution in [0, 0.1) is 83.1 Å². The van der Waals surface area contributed by atoms with Crippen LogP contribution >= 0.6 is 0 Å². The van der Waals surface area contributed by atoms with Gasteiger partial charge in [0.1, 0.15) is 95.3 Å². The molecule has 0 fully saturated rings. The van der Waals surface area contributed by atoms with Crippen molar-refractivity contribution in [1.82, 2.24) is 75.0 Å². The molecule has 0 bridgehead atoms. The molecule has 5 aromatic heterocycles. The predicted octanol–water partition coefficient (Wildman–Crippen LogP) is 17.5. The van der Waals surface area contributed by atoms with Gasteiger partial charge in [-0.25, -0.2) is 0 Å². The zero-order chi connectivity index (χ0) is 73.4. The van der Waals surface area contributed by atoms with Crippen LogP contribution in [0.25, 0.3) is 83.6 Å². The summed E-state index contributed by atoms with van der Waals surface area (Å²) in [5, 5.41) is 75.6. The molecule has 0 aliphatic carbocycles. The highest BCUT2D eigenvalue weighted by Gasteiger charge is 2.28. The van der Waals surface area contributed by atoms with E-state index in [0.29, 0.717) is 11.4 Å². The molecular formula is C82H89N15O5. The van der Waals surface area contributed by atoms with Crippen LogP contribution in [0.4, 0.5) is 0 Å². The topological polar surface area (TPSA) is 233 Å². The van der Waals surface area contributed by atoms with Gasteiger partial charge >= 0.3 is 0 Å². The molecule has 20 heteroatoms. The van der Waals surface area contributed by atoms with E-state index < -0.39 is 0 Å². The van der Waals surface area contributed by atoms with Gasteiger partial charge in [0.05, 0.1) is 31.3 Å². The summed E-state index contributed by atoms with van der Waals surface area (Å²) >= 11 is 0. The Hall–Kier alpha value is -11.8. The number of phenols is 3. The van der Waals surface area contributed by atoms with Crippen molar-refractivity contribution in [2.75, 3.05) is 14.2 Å². The standard InChI is InChI=1S/C19H23N3O.C18H21N3O.C16H17N3O.C15H15N3O.C14H13N3O/c1-12-11-14(19(3,4)5)18(23-6)17(13(12)2)22-20-15-9-7-8-10-16(15)21-22;1-11-10-13(18(3,4)5)17(22)16(12(11)2)21-19-14-8-6-7-9-15(14)20-21;1-10-9-15(11(2)12(3)16(10)20-4)19-17-13-7-5-6-8-14(13)18-19;1-9-8-14(10(2)11(3)15(9)19)18-16-12-6-4-5-7-13(12)17-18;1-9-7-11(18)8-10(2)14(9)17-15-12-5-3-4-6-13(12)16-17/h7-11H,1-6H3;6-10,22H,1-5H3;5-9H,1-4H3;4-8,19H,1-3H3;3-8,18H,1-2H3. The van der Waals surface area contributed by atoms with Crippen LogP contribution in [0.5, 0.6) is 28.7 Å². The van der Waals surface area contributed by atoms with Crippen LogP contribution < -0.4 is 9.47 Å². The molecule has 3 N–H and O–H groups in total. The summed E-state index contributed by atoms with van der Waals surface area (Å²) in [7, 11) is 3.42. The Balaban J connectivity index is 0.000000128. The summed E-state index contributed by atoms with van der Waals surface area (Å²) < 4.78 is 11.2. The van der Waals surface area contributed by atoms with E-state index in [1.165, 1.54) is 11.1 Å². The molecular weight excluding hydrogens is 1280 g/mol. The lowest BCUT2D eigenvalue weighted by Crippen LogP contribution is -2.16. The maximum atomic E-state index is 10.8. The first-order valence-corrected chi connectivity index (χ1v) is 33.9. The number of aromatic nitrogens is 15. The molecule has 0 spiro atoms. The molecule has 0 unspecified atom stereocenters. The lowest BCUT2D eigenvalue weighted by Gasteiger charge is -2.25. The number of fused-ring (bicyclic) bond motifs is 5. The third-order valence-electron chi connectivity index (χ3n) is 18.5. The number of phenolic OH excluding ortho intramolecular Hbond substituents is 3. The number of nitrogens with zero attached hydrogens (tertiary/aromatic N) is 15. The van der Waals surface area contributed by atoms with E-state index in [1.54, 1.807) is 50.3 Å². The molecule has 522 valence electrons. The normalized spacial score (nSPS) is 11.5. The number of ether oxygens (including phenoxy) is 2. The van der Waals surface area contributed by atoms with Crippen molar-refractivity contribution >= 4 is 55.2 Å². The van der Waals surface area contributed by atoms with E-state index in [1.807, 2.05) is 176 Å². The van der Waals surface area contributed by atoms with Gasteiger partial charge in [-0.2, -0.15) is 9.59 Å². The first kappa shape index (κ1) is 71.5. The van der Waals surface area contributed by atoms with Crippen molar-refractivity contribution in [3.05, 3.63) is 236 Å². The van der Waals surface area contributed by atoms with Gasteiger partial charge in [0.25, 0.3) is 0 Å². The smallest absolute Gasteiger partial charge is 0.150 e. The largest absolute Gasteiger partial charge is 0.508 e. The quantitative estimate of drug-likeness (QED) is 0.135. The Bertz CT molecular complexity index is 5440. The molecule has 102 heavy (non-hydrogen) atoms. The van der Waals surface area contributed by atoms with Gasteiger partial charge in [-0.15, -0.1) is 65.4 Å². The summed E-state index contributed by atoms with van der Waals surface area (Å²) in [5.41, 5.74) is 27.4. The molecule has 0 amide bonds. The maximum Gasteiger partial charge on any atom is 0.150 e. The van der Waals surface area contributed by atoms with E-state index in [2.05, 4.69) is 145 Å². The Morgan fingerprint density at radius 1 is 0.275 bits per heavy atom. The van der Waals surface area contributed by atoms with Gasteiger partial charge in [0.2, 0.25) is 0 Å². The number of rotatable bonds is 7. The van der Waals surface area contributed by atoms with Crippen LogP contribution in [-0.4, -0.2) is 105 Å². The maximum absolute atomic E-state index is 10.8. The zero-order valence-corrected chi connectivity index (χ0v) is 61.9. The highest BCUT2D eigenvalue weighted by atomic mass is 16.5. The Morgan fingerprint density at radius 3 is 0.912 bits per heavy atom. The van der Waals surface area contributed by atoms with Crippen LogP contribution in [-0.2, 0) is 10.8 Å². The fraction of sp³-hybridized carbons (Fsp3) is 0.268. The summed E-state index contributed by atoms with van der Waals surface area (Å²) in [6, 6.07) is 50.7. The van der Waals surface area contributed by atoms with Gasteiger partial charge in [0, 0.05) is 11.1 Å². The molecule has 15 aromatic rings. The van der Waals surface area contributed by atoms with Crippen LogP contribution in [0.1, 0.15) is 119 Å². The second-order valence-electron chi connectivity index (χ2n) is 27.9. The Morgan fingerprint density at radius 2 is 0.569 bits per heavy atom. The van der Waals surface area contributed by atoms with Crippen molar-refractivity contribution in [2.45, 2.75) is 135 Å².